The molecule has 3 aromatic heterocycles. The number of ether oxygens (including phenoxy) is 2. The largest absolute Gasteiger partial charge is 0.474 e. The minimum absolute atomic E-state index is 0.231. The molecule has 1 aliphatic carbocycles. The molecule has 5 rings (SSSR count). The number of cyclic esters (lactones) is 1. The Labute approximate surface area is 180 Å². The maximum atomic E-state index is 12.0. The fourth-order valence-electron chi connectivity index (χ4n) is 3.75. The number of hydrogen-bond donors (Lipinski definition) is 2. The Morgan fingerprint density at radius 2 is 1.94 bits per heavy atom. The van der Waals surface area contributed by atoms with Crippen LogP contribution < -0.4 is 15.8 Å². The van der Waals surface area contributed by atoms with Crippen molar-refractivity contribution in [1.29, 1.82) is 0 Å². The van der Waals surface area contributed by atoms with Crippen LogP contribution in [0.4, 0.5) is 11.6 Å². The van der Waals surface area contributed by atoms with Gasteiger partial charge in [-0.2, -0.15) is 0 Å². The number of carbonyl (C=O) groups excluding carboxylic acids is 1. The number of carbonyl (C=O) groups is 1. The van der Waals surface area contributed by atoms with E-state index < -0.39 is 11.1 Å². The number of pyridine rings is 3. The van der Waals surface area contributed by atoms with Gasteiger partial charge < -0.3 is 20.5 Å². The molecule has 3 aromatic rings. The molecule has 0 aromatic carbocycles. The van der Waals surface area contributed by atoms with Crippen molar-refractivity contribution in [3.63, 3.8) is 0 Å². The molecular weight excluding hydrogens is 394 g/mol. The van der Waals surface area contributed by atoms with Gasteiger partial charge in [-0.3, -0.25) is 0 Å². The maximum absolute atomic E-state index is 12.0. The average molecular weight is 419 g/mol. The van der Waals surface area contributed by atoms with E-state index in [0.29, 0.717) is 28.8 Å². The molecule has 1 aliphatic heterocycles. The topological polar surface area (TPSA) is 112 Å². The summed E-state index contributed by atoms with van der Waals surface area (Å²) >= 11 is 0. The first-order valence-electron chi connectivity index (χ1n) is 10.4. The summed E-state index contributed by atoms with van der Waals surface area (Å²) < 4.78 is 11.4. The van der Waals surface area contributed by atoms with Gasteiger partial charge in [-0.15, -0.1) is 0 Å². The second-order valence-corrected chi connectivity index (χ2v) is 9.25. The minimum atomic E-state index is -0.765. The summed E-state index contributed by atoms with van der Waals surface area (Å²) in [6, 6.07) is 5.40. The molecule has 0 bridgehead atoms. The molecule has 0 radical (unpaired) electrons. The lowest BCUT2D eigenvalue weighted by Crippen LogP contribution is -2.29. The zero-order valence-electron chi connectivity index (χ0n) is 18.0. The van der Waals surface area contributed by atoms with Gasteiger partial charge in [0.15, 0.2) is 0 Å². The van der Waals surface area contributed by atoms with Crippen molar-refractivity contribution in [2.24, 2.45) is 5.73 Å². The summed E-state index contributed by atoms with van der Waals surface area (Å²) in [6.45, 7) is 7.54. The van der Waals surface area contributed by atoms with Crippen LogP contribution >= 0.6 is 0 Å². The number of anilines is 2. The Hall–Kier alpha value is -3.26. The highest BCUT2D eigenvalue weighted by Crippen LogP contribution is 2.37. The van der Waals surface area contributed by atoms with E-state index in [0.717, 1.165) is 29.2 Å². The summed E-state index contributed by atoms with van der Waals surface area (Å²) in [7, 11) is 0. The van der Waals surface area contributed by atoms with Gasteiger partial charge in [0.25, 0.3) is 0 Å². The first kappa shape index (κ1) is 19.7. The second-order valence-electron chi connectivity index (χ2n) is 9.25. The van der Waals surface area contributed by atoms with E-state index in [1.165, 1.54) is 0 Å². The molecule has 3 N–H and O–H groups in total. The van der Waals surface area contributed by atoms with Gasteiger partial charge in [0, 0.05) is 17.9 Å². The summed E-state index contributed by atoms with van der Waals surface area (Å²) in [5.41, 5.74) is 7.06. The summed E-state index contributed by atoms with van der Waals surface area (Å²) in [5, 5.41) is 4.99. The molecule has 31 heavy (non-hydrogen) atoms. The summed E-state index contributed by atoms with van der Waals surface area (Å²) in [6.07, 6.45) is 5.86. The van der Waals surface area contributed by atoms with E-state index in [1.807, 2.05) is 33.8 Å². The number of nitrogens with zero attached hydrogens (tertiary/aromatic N) is 3. The minimum Gasteiger partial charge on any atom is -0.474 e. The van der Waals surface area contributed by atoms with E-state index in [9.17, 15) is 4.79 Å². The monoisotopic (exact) mass is 419 g/mol. The van der Waals surface area contributed by atoms with Crippen molar-refractivity contribution in [3.05, 3.63) is 47.4 Å². The molecule has 160 valence electrons. The van der Waals surface area contributed by atoms with Gasteiger partial charge in [-0.25, -0.2) is 19.7 Å². The highest BCUT2D eigenvalue weighted by atomic mass is 16.6. The molecule has 4 heterocycles. The molecule has 0 atom stereocenters. The molecule has 2 aliphatic rings. The second kappa shape index (κ2) is 6.62. The number of nitrogens with one attached hydrogen (secondary N) is 1. The van der Waals surface area contributed by atoms with Gasteiger partial charge in [0.05, 0.1) is 10.9 Å². The zero-order valence-corrected chi connectivity index (χ0v) is 18.0. The van der Waals surface area contributed by atoms with Gasteiger partial charge in [0.1, 0.15) is 29.0 Å². The van der Waals surface area contributed by atoms with Crippen molar-refractivity contribution < 1.29 is 14.3 Å². The Morgan fingerprint density at radius 3 is 2.65 bits per heavy atom. The fraction of sp³-hybridized carbons (Fsp3) is 0.391. The van der Waals surface area contributed by atoms with Crippen LogP contribution in [0.3, 0.4) is 0 Å². The Bertz CT molecular complexity index is 1210. The van der Waals surface area contributed by atoms with Crippen LogP contribution in [0.25, 0.3) is 10.8 Å². The number of aromatic nitrogens is 3. The number of esters is 1. The zero-order chi connectivity index (χ0) is 22.0. The molecule has 1 saturated carbocycles. The number of nitrogens with two attached hydrogens (primary N) is 1. The standard InChI is InChI=1S/C23H25N5O3/c1-22(2,24)16-11-26-20(30-12-5-6-12)15-10-25-18(9-14(15)16)27-17-8-7-13-19(28-17)23(3,4)31-21(13)29/h7-12H,5-6,24H2,1-4H3,(H,25,27,28). The van der Waals surface area contributed by atoms with Crippen molar-refractivity contribution in [2.75, 3.05) is 5.32 Å². The predicted octanol–water partition coefficient (Wildman–Crippen LogP) is 3.91. The quantitative estimate of drug-likeness (QED) is 0.599. The molecule has 0 amide bonds. The third kappa shape index (κ3) is 3.57. The van der Waals surface area contributed by atoms with E-state index in [-0.39, 0.29) is 12.1 Å². The Balaban J connectivity index is 1.55. The highest BCUT2D eigenvalue weighted by Gasteiger charge is 2.39. The van der Waals surface area contributed by atoms with Crippen LogP contribution in [0, 0.1) is 0 Å². The average Bonchev–Trinajstić information content (AvgIpc) is 3.47. The van der Waals surface area contributed by atoms with Crippen molar-refractivity contribution in [1.82, 2.24) is 15.0 Å². The van der Waals surface area contributed by atoms with Crippen LogP contribution in [0.1, 0.15) is 62.2 Å². The van der Waals surface area contributed by atoms with E-state index in [1.54, 1.807) is 24.5 Å². The van der Waals surface area contributed by atoms with Crippen molar-refractivity contribution in [2.45, 2.75) is 57.8 Å². The molecule has 1 fully saturated rings. The molecular formula is C23H25N5O3. The number of hydrogen-bond acceptors (Lipinski definition) is 8. The molecule has 0 spiro atoms. The van der Waals surface area contributed by atoms with E-state index in [2.05, 4.69) is 20.3 Å². The molecule has 8 nitrogen and oxygen atoms in total. The SMILES string of the molecule is CC(C)(N)c1cnc(OC2CC2)c2cnc(Nc3ccc4c(n3)C(C)(C)OC4=O)cc12. The Morgan fingerprint density at radius 1 is 1.16 bits per heavy atom. The van der Waals surface area contributed by atoms with Crippen LogP contribution in [-0.4, -0.2) is 27.0 Å². The fourth-order valence-corrected chi connectivity index (χ4v) is 3.75. The lowest BCUT2D eigenvalue weighted by molar-refractivity contribution is 0.00834. The smallest absolute Gasteiger partial charge is 0.341 e. The third-order valence-electron chi connectivity index (χ3n) is 5.52. The molecule has 0 saturated heterocycles. The van der Waals surface area contributed by atoms with Gasteiger partial charge >= 0.3 is 5.97 Å². The predicted molar refractivity (Wildman–Crippen MR) is 116 cm³/mol. The lowest BCUT2D eigenvalue weighted by atomic mass is 9.93. The van der Waals surface area contributed by atoms with E-state index in [4.69, 9.17) is 15.2 Å². The summed E-state index contributed by atoms with van der Waals surface area (Å²) in [5.74, 6) is 1.41. The first-order chi connectivity index (χ1) is 14.6. The van der Waals surface area contributed by atoms with Crippen molar-refractivity contribution in [3.8, 4) is 5.88 Å². The number of rotatable bonds is 5. The normalized spacial score (nSPS) is 17.4. The van der Waals surface area contributed by atoms with Crippen LogP contribution in [0.2, 0.25) is 0 Å². The summed E-state index contributed by atoms with van der Waals surface area (Å²) in [4.78, 5) is 25.7. The maximum Gasteiger partial charge on any atom is 0.341 e. The third-order valence-corrected chi connectivity index (χ3v) is 5.52. The molecule has 8 heteroatoms. The highest BCUT2D eigenvalue weighted by molar-refractivity contribution is 5.94. The van der Waals surface area contributed by atoms with E-state index >= 15 is 0 Å². The number of fused-ring (bicyclic) bond motifs is 2. The molecule has 0 unspecified atom stereocenters. The van der Waals surface area contributed by atoms with Gasteiger partial charge in [0.2, 0.25) is 5.88 Å². The lowest BCUT2D eigenvalue weighted by Gasteiger charge is -2.22. The Kier molecular flexibility index (Phi) is 4.20. The van der Waals surface area contributed by atoms with Crippen LogP contribution in [-0.2, 0) is 15.9 Å². The first-order valence-corrected chi connectivity index (χ1v) is 10.4. The van der Waals surface area contributed by atoms with Gasteiger partial charge in [-0.05, 0) is 69.7 Å². The van der Waals surface area contributed by atoms with Crippen LogP contribution in [0.15, 0.2) is 30.6 Å². The van der Waals surface area contributed by atoms with Gasteiger partial charge in [-0.1, -0.05) is 0 Å². The van der Waals surface area contributed by atoms with Crippen LogP contribution in [0.5, 0.6) is 5.88 Å². The van der Waals surface area contributed by atoms with Crippen molar-refractivity contribution >= 4 is 28.4 Å².